The number of carbonyl (C=O) groups excluding carboxylic acids is 1. The molecule has 1 N–H and O–H groups in total. The summed E-state index contributed by atoms with van der Waals surface area (Å²) in [6.45, 7) is 0. The zero-order chi connectivity index (χ0) is 13.8. The van der Waals surface area contributed by atoms with Crippen LogP contribution in [0.1, 0.15) is 10.4 Å². The van der Waals surface area contributed by atoms with Crippen LogP contribution in [0.2, 0.25) is 10.0 Å². The molecular formula is C14H11Cl2NOS. The Morgan fingerprint density at radius 2 is 1.89 bits per heavy atom. The van der Waals surface area contributed by atoms with Gasteiger partial charge in [0.25, 0.3) is 5.91 Å². The van der Waals surface area contributed by atoms with E-state index in [2.05, 4.69) is 5.32 Å². The lowest BCUT2D eigenvalue weighted by molar-refractivity contribution is 0.102. The molecule has 0 bridgehead atoms. The predicted molar refractivity (Wildman–Crippen MR) is 82.6 cm³/mol. The highest BCUT2D eigenvalue weighted by atomic mass is 35.5. The van der Waals surface area contributed by atoms with Crippen molar-refractivity contribution >= 4 is 46.6 Å². The van der Waals surface area contributed by atoms with Crippen LogP contribution < -0.4 is 5.32 Å². The highest BCUT2D eigenvalue weighted by Crippen LogP contribution is 2.27. The number of anilines is 1. The zero-order valence-corrected chi connectivity index (χ0v) is 12.4. The molecule has 2 rings (SSSR count). The van der Waals surface area contributed by atoms with Gasteiger partial charge in [-0.1, -0.05) is 35.3 Å². The minimum absolute atomic E-state index is 0.186. The number of rotatable bonds is 3. The normalized spacial score (nSPS) is 10.3. The Hall–Kier alpha value is -1.16. The van der Waals surface area contributed by atoms with E-state index in [1.807, 2.05) is 24.5 Å². The van der Waals surface area contributed by atoms with E-state index in [0.29, 0.717) is 21.3 Å². The summed E-state index contributed by atoms with van der Waals surface area (Å²) in [5.74, 6) is -0.186. The summed E-state index contributed by atoms with van der Waals surface area (Å²) in [7, 11) is 0. The number of halogens is 2. The van der Waals surface area contributed by atoms with E-state index in [1.165, 1.54) is 11.8 Å². The standard InChI is InChI=1S/C14H11Cl2NOS/c1-19-13-5-3-2-4-10(13)14(18)17-12-7-6-9(15)8-11(12)16/h2-8H,1H3,(H,17,18). The lowest BCUT2D eigenvalue weighted by atomic mass is 10.2. The van der Waals surface area contributed by atoms with Gasteiger partial charge in [-0.3, -0.25) is 4.79 Å². The Bertz CT molecular complexity index is 616. The topological polar surface area (TPSA) is 29.1 Å². The van der Waals surface area contributed by atoms with Crippen molar-refractivity contribution < 1.29 is 4.79 Å². The molecule has 1 amide bonds. The minimum Gasteiger partial charge on any atom is -0.321 e. The molecule has 2 aromatic rings. The molecule has 19 heavy (non-hydrogen) atoms. The first-order chi connectivity index (χ1) is 9.11. The minimum atomic E-state index is -0.186. The van der Waals surface area contributed by atoms with Gasteiger partial charge in [-0.05, 0) is 36.6 Å². The fourth-order valence-corrected chi connectivity index (χ4v) is 2.66. The number of benzene rings is 2. The van der Waals surface area contributed by atoms with Crippen LogP contribution in [-0.4, -0.2) is 12.2 Å². The van der Waals surface area contributed by atoms with E-state index in [1.54, 1.807) is 24.3 Å². The molecule has 98 valence electrons. The number of nitrogens with one attached hydrogen (secondary N) is 1. The third kappa shape index (κ3) is 3.44. The summed E-state index contributed by atoms with van der Waals surface area (Å²) in [5, 5.41) is 3.74. The number of thioether (sulfide) groups is 1. The summed E-state index contributed by atoms with van der Waals surface area (Å²) >= 11 is 13.4. The van der Waals surface area contributed by atoms with E-state index in [-0.39, 0.29) is 5.91 Å². The van der Waals surface area contributed by atoms with Gasteiger partial charge in [-0.25, -0.2) is 0 Å². The predicted octanol–water partition coefficient (Wildman–Crippen LogP) is 4.97. The number of hydrogen-bond donors (Lipinski definition) is 1. The second-order valence-electron chi connectivity index (χ2n) is 3.78. The van der Waals surface area contributed by atoms with Crippen LogP contribution in [-0.2, 0) is 0 Å². The average Bonchev–Trinajstić information content (AvgIpc) is 2.41. The first-order valence-corrected chi connectivity index (χ1v) is 7.49. The largest absolute Gasteiger partial charge is 0.321 e. The smallest absolute Gasteiger partial charge is 0.256 e. The molecule has 5 heteroatoms. The molecule has 0 aliphatic carbocycles. The Morgan fingerprint density at radius 3 is 2.58 bits per heavy atom. The van der Waals surface area contributed by atoms with Crippen LogP contribution in [0.5, 0.6) is 0 Å². The maximum atomic E-state index is 12.2. The van der Waals surface area contributed by atoms with Crippen LogP contribution >= 0.6 is 35.0 Å². The molecule has 0 saturated heterocycles. The van der Waals surface area contributed by atoms with Gasteiger partial charge in [0.2, 0.25) is 0 Å². The van der Waals surface area contributed by atoms with Crippen molar-refractivity contribution in [2.75, 3.05) is 11.6 Å². The van der Waals surface area contributed by atoms with Crippen molar-refractivity contribution in [2.45, 2.75) is 4.90 Å². The molecule has 2 nitrogen and oxygen atoms in total. The van der Waals surface area contributed by atoms with Gasteiger partial charge in [-0.2, -0.15) is 0 Å². The van der Waals surface area contributed by atoms with Crippen LogP contribution in [0.3, 0.4) is 0 Å². The molecule has 0 fully saturated rings. The van der Waals surface area contributed by atoms with Crippen LogP contribution in [0.25, 0.3) is 0 Å². The summed E-state index contributed by atoms with van der Waals surface area (Å²) in [5.41, 5.74) is 1.17. The first-order valence-electron chi connectivity index (χ1n) is 5.51. The lowest BCUT2D eigenvalue weighted by Gasteiger charge is -2.10. The third-order valence-electron chi connectivity index (χ3n) is 2.53. The molecule has 0 atom stereocenters. The maximum Gasteiger partial charge on any atom is 0.256 e. The molecule has 0 heterocycles. The third-order valence-corrected chi connectivity index (χ3v) is 3.87. The van der Waals surface area contributed by atoms with Gasteiger partial charge in [-0.15, -0.1) is 11.8 Å². The fraction of sp³-hybridized carbons (Fsp3) is 0.0714. The quantitative estimate of drug-likeness (QED) is 0.811. The van der Waals surface area contributed by atoms with Gasteiger partial charge < -0.3 is 5.32 Å². The molecule has 0 aliphatic heterocycles. The SMILES string of the molecule is CSc1ccccc1C(=O)Nc1ccc(Cl)cc1Cl. The second kappa shape index (κ2) is 6.33. The van der Waals surface area contributed by atoms with Gasteiger partial charge in [0.1, 0.15) is 0 Å². The Labute approximate surface area is 126 Å². The molecule has 2 aromatic carbocycles. The molecule has 0 spiro atoms. The zero-order valence-electron chi connectivity index (χ0n) is 10.1. The number of carbonyl (C=O) groups is 1. The Kier molecular flexibility index (Phi) is 4.75. The average molecular weight is 312 g/mol. The monoisotopic (exact) mass is 311 g/mol. The van der Waals surface area contributed by atoms with Crippen LogP contribution in [0.15, 0.2) is 47.4 Å². The molecule has 0 aliphatic rings. The molecule has 0 unspecified atom stereocenters. The summed E-state index contributed by atoms with van der Waals surface area (Å²) < 4.78 is 0. The van der Waals surface area contributed by atoms with Crippen molar-refractivity contribution in [1.82, 2.24) is 0 Å². The van der Waals surface area contributed by atoms with E-state index in [0.717, 1.165) is 4.90 Å². The number of hydrogen-bond acceptors (Lipinski definition) is 2. The van der Waals surface area contributed by atoms with Crippen molar-refractivity contribution in [3.05, 3.63) is 58.1 Å². The van der Waals surface area contributed by atoms with Crippen molar-refractivity contribution in [2.24, 2.45) is 0 Å². The Morgan fingerprint density at radius 1 is 1.16 bits per heavy atom. The first kappa shape index (κ1) is 14.3. The summed E-state index contributed by atoms with van der Waals surface area (Å²) in [6.07, 6.45) is 1.93. The van der Waals surface area contributed by atoms with E-state index < -0.39 is 0 Å². The van der Waals surface area contributed by atoms with Crippen molar-refractivity contribution in [3.63, 3.8) is 0 Å². The van der Waals surface area contributed by atoms with Crippen molar-refractivity contribution in [1.29, 1.82) is 0 Å². The lowest BCUT2D eigenvalue weighted by Crippen LogP contribution is -2.13. The molecule has 0 aromatic heterocycles. The fourth-order valence-electron chi connectivity index (χ4n) is 1.61. The van der Waals surface area contributed by atoms with E-state index in [9.17, 15) is 4.79 Å². The van der Waals surface area contributed by atoms with Crippen molar-refractivity contribution in [3.8, 4) is 0 Å². The van der Waals surface area contributed by atoms with Gasteiger partial charge >= 0.3 is 0 Å². The second-order valence-corrected chi connectivity index (χ2v) is 5.47. The highest BCUT2D eigenvalue weighted by molar-refractivity contribution is 7.98. The van der Waals surface area contributed by atoms with Gasteiger partial charge in [0.05, 0.1) is 16.3 Å². The van der Waals surface area contributed by atoms with Gasteiger partial charge in [0.15, 0.2) is 0 Å². The molecule has 0 radical (unpaired) electrons. The Balaban J connectivity index is 2.26. The highest BCUT2D eigenvalue weighted by Gasteiger charge is 2.12. The van der Waals surface area contributed by atoms with Crippen LogP contribution in [0.4, 0.5) is 5.69 Å². The van der Waals surface area contributed by atoms with E-state index >= 15 is 0 Å². The summed E-state index contributed by atoms with van der Waals surface area (Å²) in [6, 6.07) is 12.4. The summed E-state index contributed by atoms with van der Waals surface area (Å²) in [4.78, 5) is 13.1. The van der Waals surface area contributed by atoms with E-state index in [4.69, 9.17) is 23.2 Å². The molecular weight excluding hydrogens is 301 g/mol. The number of amides is 1. The van der Waals surface area contributed by atoms with Gasteiger partial charge in [0, 0.05) is 9.92 Å². The maximum absolute atomic E-state index is 12.2. The van der Waals surface area contributed by atoms with Crippen LogP contribution in [0, 0.1) is 0 Å². The molecule has 0 saturated carbocycles.